The van der Waals surface area contributed by atoms with E-state index in [4.69, 9.17) is 37.1 Å². The molecule has 3 aromatic rings. The van der Waals surface area contributed by atoms with E-state index < -0.39 is 12.0 Å². The molecule has 8 nitrogen and oxygen atoms in total. The molecule has 4 rings (SSSR count). The quantitative estimate of drug-likeness (QED) is 0.473. The molecule has 32 heavy (non-hydrogen) atoms. The Kier molecular flexibility index (Phi) is 6.25. The Hall–Kier alpha value is -3.23. The summed E-state index contributed by atoms with van der Waals surface area (Å²) in [5.41, 5.74) is 2.47. The van der Waals surface area contributed by atoms with Crippen molar-refractivity contribution in [2.24, 2.45) is 0 Å². The zero-order valence-corrected chi connectivity index (χ0v) is 18.7. The second-order valence-corrected chi connectivity index (χ2v) is 7.60. The molecule has 1 aliphatic rings. The average Bonchev–Trinajstić information content (AvgIpc) is 3.31. The van der Waals surface area contributed by atoms with Crippen molar-refractivity contribution in [2.75, 3.05) is 23.8 Å². The maximum atomic E-state index is 13.0. The highest BCUT2D eigenvalue weighted by Gasteiger charge is 2.40. The van der Waals surface area contributed by atoms with Gasteiger partial charge in [0.2, 0.25) is 5.91 Å². The van der Waals surface area contributed by atoms with E-state index in [-0.39, 0.29) is 24.4 Å². The smallest absolute Gasteiger partial charge is 0.411 e. The number of oxazole rings is 1. The van der Waals surface area contributed by atoms with Crippen LogP contribution in [0.2, 0.25) is 10.0 Å². The molecule has 2 heterocycles. The molecule has 2 amide bonds. The second kappa shape index (κ2) is 9.10. The van der Waals surface area contributed by atoms with Gasteiger partial charge in [-0.1, -0.05) is 35.3 Å². The van der Waals surface area contributed by atoms with Crippen molar-refractivity contribution >= 4 is 46.6 Å². The monoisotopic (exact) mass is 475 g/mol. The molecule has 166 valence electrons. The number of rotatable bonds is 6. The van der Waals surface area contributed by atoms with E-state index in [1.165, 1.54) is 0 Å². The van der Waals surface area contributed by atoms with Crippen LogP contribution in [0.3, 0.4) is 0 Å². The summed E-state index contributed by atoms with van der Waals surface area (Å²) in [4.78, 5) is 29.5. The van der Waals surface area contributed by atoms with Crippen molar-refractivity contribution in [1.82, 2.24) is 4.98 Å². The summed E-state index contributed by atoms with van der Waals surface area (Å²) in [6.07, 6.45) is -0.614. The first kappa shape index (κ1) is 22.0. The maximum Gasteiger partial charge on any atom is 0.411 e. The first-order valence-corrected chi connectivity index (χ1v) is 10.6. The zero-order chi connectivity index (χ0) is 22.8. The highest BCUT2D eigenvalue weighted by atomic mass is 35.5. The molecule has 2 N–H and O–H groups in total. The molecule has 1 atom stereocenters. The minimum absolute atomic E-state index is 0.0145. The molecule has 1 aromatic heterocycles. The molecule has 2 aromatic carbocycles. The summed E-state index contributed by atoms with van der Waals surface area (Å²) in [5.74, 6) is -0.978. The van der Waals surface area contributed by atoms with E-state index in [1.54, 1.807) is 50.2 Å². The summed E-state index contributed by atoms with van der Waals surface area (Å²) in [7, 11) is 0. The molecular formula is C22H19Cl2N3O5. The van der Waals surface area contributed by atoms with Crippen LogP contribution in [0, 0.1) is 0 Å². The van der Waals surface area contributed by atoms with Gasteiger partial charge in [-0.05, 0) is 38.1 Å². The fourth-order valence-corrected chi connectivity index (χ4v) is 3.80. The third kappa shape index (κ3) is 4.11. The van der Waals surface area contributed by atoms with Gasteiger partial charge in [-0.2, -0.15) is 4.98 Å². The molecule has 1 aliphatic heterocycles. The highest BCUT2D eigenvalue weighted by Crippen LogP contribution is 2.46. The third-order valence-corrected chi connectivity index (χ3v) is 5.52. The van der Waals surface area contributed by atoms with Crippen molar-refractivity contribution in [3.63, 3.8) is 0 Å². The lowest BCUT2D eigenvalue weighted by atomic mass is 9.93. The lowest BCUT2D eigenvalue weighted by Crippen LogP contribution is -2.17. The van der Waals surface area contributed by atoms with E-state index in [1.807, 2.05) is 0 Å². The Balaban J connectivity index is 1.85. The van der Waals surface area contributed by atoms with Crippen LogP contribution < -0.4 is 15.4 Å². The van der Waals surface area contributed by atoms with Crippen molar-refractivity contribution < 1.29 is 23.5 Å². The molecule has 0 radical (unpaired) electrons. The molecular weight excluding hydrogens is 457 g/mol. The summed E-state index contributed by atoms with van der Waals surface area (Å²) >= 11 is 12.3. The van der Waals surface area contributed by atoms with Gasteiger partial charge in [-0.3, -0.25) is 10.1 Å². The highest BCUT2D eigenvalue weighted by molar-refractivity contribution is 6.42. The number of nitrogens with zero attached hydrogens (tertiary/aromatic N) is 1. The van der Waals surface area contributed by atoms with Crippen LogP contribution in [0.5, 0.6) is 6.08 Å². The Morgan fingerprint density at radius 2 is 2.00 bits per heavy atom. The van der Waals surface area contributed by atoms with Gasteiger partial charge in [0.05, 0.1) is 28.9 Å². The Morgan fingerprint density at radius 1 is 1.19 bits per heavy atom. The normalized spacial score (nSPS) is 14.6. The van der Waals surface area contributed by atoms with Crippen LogP contribution in [0.25, 0.3) is 11.3 Å². The van der Waals surface area contributed by atoms with Crippen LogP contribution in [0.4, 0.5) is 16.2 Å². The standard InChI is InChI=1S/C22H19Cl2N3O5/c1-3-30-21(29)26-15-7-5-6-14-16(15)17(20(28)25-14)19-18(27-22(32-19)31-4-2)11-8-9-12(23)13(24)10-11/h5-10,17H,3-4H2,1-2H3,(H,25,28)(H,26,29). The van der Waals surface area contributed by atoms with Crippen LogP contribution >= 0.6 is 23.2 Å². The number of amides is 2. The van der Waals surface area contributed by atoms with Crippen LogP contribution in [0.1, 0.15) is 31.1 Å². The predicted octanol–water partition coefficient (Wildman–Crippen LogP) is 5.70. The van der Waals surface area contributed by atoms with Crippen molar-refractivity contribution in [3.05, 3.63) is 57.8 Å². The first-order chi connectivity index (χ1) is 15.4. The van der Waals surface area contributed by atoms with Crippen molar-refractivity contribution in [2.45, 2.75) is 19.8 Å². The molecule has 0 aliphatic carbocycles. The van der Waals surface area contributed by atoms with E-state index in [9.17, 15) is 9.59 Å². The first-order valence-electron chi connectivity index (χ1n) is 9.89. The minimum atomic E-state index is -0.894. The maximum absolute atomic E-state index is 13.0. The fourth-order valence-electron chi connectivity index (χ4n) is 3.50. The summed E-state index contributed by atoms with van der Waals surface area (Å²) < 4.78 is 16.3. The molecule has 0 bridgehead atoms. The molecule has 0 saturated carbocycles. The Morgan fingerprint density at radius 3 is 2.72 bits per heavy atom. The Bertz CT molecular complexity index is 1190. The van der Waals surface area contributed by atoms with Gasteiger partial charge in [0, 0.05) is 16.8 Å². The van der Waals surface area contributed by atoms with Gasteiger partial charge in [-0.15, -0.1) is 0 Å². The van der Waals surface area contributed by atoms with Crippen LogP contribution in [-0.4, -0.2) is 30.2 Å². The summed E-state index contributed by atoms with van der Waals surface area (Å²) in [5, 5.41) is 6.23. The number of fused-ring (bicyclic) bond motifs is 1. The zero-order valence-electron chi connectivity index (χ0n) is 17.2. The van der Waals surface area contributed by atoms with E-state index in [0.717, 1.165) is 0 Å². The van der Waals surface area contributed by atoms with Crippen LogP contribution in [-0.2, 0) is 9.53 Å². The fraction of sp³-hybridized carbons (Fsp3) is 0.227. The van der Waals surface area contributed by atoms with E-state index >= 15 is 0 Å². The number of nitrogens with one attached hydrogen (secondary N) is 2. The number of hydrogen-bond acceptors (Lipinski definition) is 6. The summed E-state index contributed by atoms with van der Waals surface area (Å²) in [6, 6.07) is 10.1. The molecule has 0 fully saturated rings. The number of aromatic nitrogens is 1. The van der Waals surface area contributed by atoms with Gasteiger partial charge in [-0.25, -0.2) is 4.79 Å². The summed E-state index contributed by atoms with van der Waals surface area (Å²) in [6.45, 7) is 4.03. The minimum Gasteiger partial charge on any atom is -0.450 e. The average molecular weight is 476 g/mol. The third-order valence-electron chi connectivity index (χ3n) is 4.78. The largest absolute Gasteiger partial charge is 0.450 e. The van der Waals surface area contributed by atoms with Gasteiger partial charge < -0.3 is 19.2 Å². The number of hydrogen-bond donors (Lipinski definition) is 2. The van der Waals surface area contributed by atoms with Gasteiger partial charge in [0.25, 0.3) is 0 Å². The molecule has 10 heteroatoms. The number of carbonyl (C=O) groups is 2. The predicted molar refractivity (Wildman–Crippen MR) is 121 cm³/mol. The van der Waals surface area contributed by atoms with E-state index in [0.29, 0.717) is 44.8 Å². The number of carbonyl (C=O) groups excluding carboxylic acids is 2. The number of benzene rings is 2. The van der Waals surface area contributed by atoms with Gasteiger partial charge in [0.1, 0.15) is 11.6 Å². The topological polar surface area (TPSA) is 103 Å². The van der Waals surface area contributed by atoms with Crippen molar-refractivity contribution in [3.8, 4) is 17.3 Å². The number of ether oxygens (including phenoxy) is 2. The van der Waals surface area contributed by atoms with Gasteiger partial charge in [0.15, 0.2) is 5.76 Å². The lowest BCUT2D eigenvalue weighted by Gasteiger charge is -2.14. The second-order valence-electron chi connectivity index (χ2n) is 6.79. The van der Waals surface area contributed by atoms with Crippen LogP contribution in [0.15, 0.2) is 40.8 Å². The molecule has 0 spiro atoms. The number of anilines is 2. The SMILES string of the molecule is CCOC(=O)Nc1cccc2c1C(c1oc(OCC)nc1-c1ccc(Cl)c(Cl)c1)C(=O)N2. The molecule has 1 unspecified atom stereocenters. The van der Waals surface area contributed by atoms with Crippen molar-refractivity contribution in [1.29, 1.82) is 0 Å². The Labute approximate surface area is 193 Å². The molecule has 0 saturated heterocycles. The van der Waals surface area contributed by atoms with E-state index in [2.05, 4.69) is 15.6 Å². The van der Waals surface area contributed by atoms with Gasteiger partial charge >= 0.3 is 12.2 Å². The lowest BCUT2D eigenvalue weighted by molar-refractivity contribution is -0.116. The number of halogens is 2.